The van der Waals surface area contributed by atoms with E-state index in [-0.39, 0.29) is 5.97 Å². The zero-order valence-corrected chi connectivity index (χ0v) is 17.8. The van der Waals surface area contributed by atoms with Gasteiger partial charge in [-0.05, 0) is 29.8 Å². The number of carbonyl (C=O) groups excluding carboxylic acids is 1. The van der Waals surface area contributed by atoms with Crippen LogP contribution < -0.4 is 9.47 Å². The summed E-state index contributed by atoms with van der Waals surface area (Å²) in [6.07, 6.45) is 0. The smallest absolute Gasteiger partial charge is 0.327 e. The highest BCUT2D eigenvalue weighted by Crippen LogP contribution is 2.30. The van der Waals surface area contributed by atoms with E-state index in [4.69, 9.17) is 25.8 Å². The van der Waals surface area contributed by atoms with Gasteiger partial charge in [0.25, 0.3) is 0 Å². The van der Waals surface area contributed by atoms with E-state index in [0.717, 1.165) is 55.3 Å². The topological polar surface area (TPSA) is 51.2 Å². The average molecular weight is 419 g/mol. The fraction of sp³-hybridized carbons (Fsp3) is 0.409. The molecule has 1 aliphatic heterocycles. The van der Waals surface area contributed by atoms with Crippen LogP contribution in [0.2, 0.25) is 5.02 Å². The van der Waals surface area contributed by atoms with E-state index < -0.39 is 6.04 Å². The minimum absolute atomic E-state index is 0.291. The number of halogens is 1. The van der Waals surface area contributed by atoms with Crippen molar-refractivity contribution in [3.8, 4) is 11.5 Å². The van der Waals surface area contributed by atoms with E-state index >= 15 is 0 Å². The molecule has 1 atom stereocenters. The summed E-state index contributed by atoms with van der Waals surface area (Å²) in [6.45, 7) is 3.86. The molecule has 1 unspecified atom stereocenters. The molecule has 0 aromatic heterocycles. The van der Waals surface area contributed by atoms with Crippen molar-refractivity contribution in [2.75, 3.05) is 47.5 Å². The highest BCUT2D eigenvalue weighted by molar-refractivity contribution is 6.31. The molecule has 29 heavy (non-hydrogen) atoms. The first-order valence-corrected chi connectivity index (χ1v) is 9.94. The zero-order chi connectivity index (χ0) is 20.8. The number of benzene rings is 2. The maximum Gasteiger partial charge on any atom is 0.327 e. The van der Waals surface area contributed by atoms with Gasteiger partial charge in [-0.15, -0.1) is 0 Å². The van der Waals surface area contributed by atoms with Gasteiger partial charge in [0.2, 0.25) is 0 Å². The second-order valence-corrected chi connectivity index (χ2v) is 7.34. The van der Waals surface area contributed by atoms with Crippen molar-refractivity contribution >= 4 is 17.6 Å². The second kappa shape index (κ2) is 9.96. The molecule has 2 aromatic carbocycles. The number of piperazine rings is 1. The standard InChI is InChI=1S/C22H27ClN2O4/c1-27-17-8-9-20(28-2)16(14-17)15-24-10-12-25(13-11-24)21(22(26)29-3)18-6-4-5-7-19(18)23/h4-9,14,21H,10-13,15H2,1-3H3. The molecule has 1 saturated heterocycles. The molecule has 0 saturated carbocycles. The quantitative estimate of drug-likeness (QED) is 0.642. The van der Waals surface area contributed by atoms with Gasteiger partial charge in [-0.25, -0.2) is 4.79 Å². The largest absolute Gasteiger partial charge is 0.497 e. The first kappa shape index (κ1) is 21.4. The number of ether oxygens (including phenoxy) is 3. The van der Waals surface area contributed by atoms with Crippen molar-refractivity contribution in [2.45, 2.75) is 12.6 Å². The Balaban J connectivity index is 1.70. The van der Waals surface area contributed by atoms with Gasteiger partial charge in [-0.2, -0.15) is 0 Å². The number of nitrogens with zero attached hydrogens (tertiary/aromatic N) is 2. The van der Waals surface area contributed by atoms with Crippen LogP contribution in [0.25, 0.3) is 0 Å². The summed E-state index contributed by atoms with van der Waals surface area (Å²) in [5, 5.41) is 0.575. The summed E-state index contributed by atoms with van der Waals surface area (Å²) < 4.78 is 15.9. The van der Waals surface area contributed by atoms with Gasteiger partial charge in [0.1, 0.15) is 17.5 Å². The molecule has 3 rings (SSSR count). The predicted molar refractivity (Wildman–Crippen MR) is 113 cm³/mol. The third kappa shape index (κ3) is 5.01. The van der Waals surface area contributed by atoms with Gasteiger partial charge in [0, 0.05) is 43.3 Å². The molecule has 6 nitrogen and oxygen atoms in total. The van der Waals surface area contributed by atoms with Crippen molar-refractivity contribution < 1.29 is 19.0 Å². The molecule has 0 bridgehead atoms. The van der Waals surface area contributed by atoms with Crippen LogP contribution in [-0.2, 0) is 16.1 Å². The minimum atomic E-state index is -0.498. The molecule has 7 heteroatoms. The normalized spacial score (nSPS) is 16.3. The van der Waals surface area contributed by atoms with Crippen molar-refractivity contribution in [1.82, 2.24) is 9.80 Å². The summed E-state index contributed by atoms with van der Waals surface area (Å²) in [5.74, 6) is 1.36. The van der Waals surface area contributed by atoms with E-state index in [1.54, 1.807) is 20.3 Å². The summed E-state index contributed by atoms with van der Waals surface area (Å²) in [6, 6.07) is 12.8. The molecule has 1 fully saturated rings. The Morgan fingerprint density at radius 3 is 2.38 bits per heavy atom. The van der Waals surface area contributed by atoms with Gasteiger partial charge in [0.15, 0.2) is 0 Å². The van der Waals surface area contributed by atoms with Crippen LogP contribution in [0.1, 0.15) is 17.2 Å². The maximum atomic E-state index is 12.5. The maximum absolute atomic E-state index is 12.5. The van der Waals surface area contributed by atoms with Crippen LogP contribution in [0.15, 0.2) is 42.5 Å². The zero-order valence-electron chi connectivity index (χ0n) is 17.1. The lowest BCUT2D eigenvalue weighted by atomic mass is 10.0. The molecule has 0 amide bonds. The molecular formula is C22H27ClN2O4. The van der Waals surface area contributed by atoms with Crippen molar-refractivity contribution in [1.29, 1.82) is 0 Å². The van der Waals surface area contributed by atoms with Gasteiger partial charge < -0.3 is 14.2 Å². The van der Waals surface area contributed by atoms with Crippen molar-refractivity contribution in [3.63, 3.8) is 0 Å². The first-order chi connectivity index (χ1) is 14.1. The van der Waals surface area contributed by atoms with Crippen LogP contribution in [0, 0.1) is 0 Å². The molecule has 1 heterocycles. The Labute approximate surface area is 176 Å². The number of methoxy groups -OCH3 is 3. The second-order valence-electron chi connectivity index (χ2n) is 6.94. The lowest BCUT2D eigenvalue weighted by Crippen LogP contribution is -2.49. The van der Waals surface area contributed by atoms with Crippen LogP contribution >= 0.6 is 11.6 Å². The Morgan fingerprint density at radius 1 is 1.03 bits per heavy atom. The van der Waals surface area contributed by atoms with Crippen molar-refractivity contribution in [2.24, 2.45) is 0 Å². The third-order valence-corrected chi connectivity index (χ3v) is 5.62. The fourth-order valence-electron chi connectivity index (χ4n) is 3.71. The van der Waals surface area contributed by atoms with E-state index in [1.165, 1.54) is 7.11 Å². The third-order valence-electron chi connectivity index (χ3n) is 5.28. The lowest BCUT2D eigenvalue weighted by molar-refractivity contribution is -0.148. The van der Waals surface area contributed by atoms with Gasteiger partial charge in [0.05, 0.1) is 21.3 Å². The lowest BCUT2D eigenvalue weighted by Gasteiger charge is -2.38. The Morgan fingerprint density at radius 2 is 1.76 bits per heavy atom. The Kier molecular flexibility index (Phi) is 7.36. The monoisotopic (exact) mass is 418 g/mol. The summed E-state index contributed by atoms with van der Waals surface area (Å²) in [4.78, 5) is 17.0. The number of rotatable bonds is 7. The SMILES string of the molecule is COC(=O)C(c1ccccc1Cl)N1CCN(Cc2cc(OC)ccc2OC)CC1. The number of carbonyl (C=O) groups is 1. The summed E-state index contributed by atoms with van der Waals surface area (Å²) in [5.41, 5.74) is 1.86. The Bertz CT molecular complexity index is 837. The van der Waals surface area contributed by atoms with E-state index in [0.29, 0.717) is 5.02 Å². The van der Waals surface area contributed by atoms with Crippen LogP contribution in [-0.4, -0.2) is 63.3 Å². The minimum Gasteiger partial charge on any atom is -0.497 e. The molecule has 0 radical (unpaired) electrons. The fourth-order valence-corrected chi connectivity index (χ4v) is 3.95. The molecule has 0 spiro atoms. The van der Waals surface area contributed by atoms with Crippen molar-refractivity contribution in [3.05, 3.63) is 58.6 Å². The molecule has 0 aliphatic carbocycles. The van der Waals surface area contributed by atoms with Crippen LogP contribution in [0.3, 0.4) is 0 Å². The molecule has 0 N–H and O–H groups in total. The summed E-state index contributed by atoms with van der Waals surface area (Å²) in [7, 11) is 4.75. The molecular weight excluding hydrogens is 392 g/mol. The van der Waals surface area contributed by atoms with Gasteiger partial charge >= 0.3 is 5.97 Å². The Hall–Kier alpha value is -2.28. The highest BCUT2D eigenvalue weighted by Gasteiger charge is 2.32. The van der Waals surface area contributed by atoms with Gasteiger partial charge in [-0.3, -0.25) is 9.80 Å². The number of hydrogen-bond donors (Lipinski definition) is 0. The number of hydrogen-bond acceptors (Lipinski definition) is 6. The number of esters is 1. The van der Waals surface area contributed by atoms with Crippen LogP contribution in [0.5, 0.6) is 11.5 Å². The highest BCUT2D eigenvalue weighted by atomic mass is 35.5. The summed E-state index contributed by atoms with van der Waals surface area (Å²) >= 11 is 6.37. The first-order valence-electron chi connectivity index (χ1n) is 9.57. The van der Waals surface area contributed by atoms with E-state index in [1.807, 2.05) is 36.4 Å². The van der Waals surface area contributed by atoms with Crippen LogP contribution in [0.4, 0.5) is 0 Å². The average Bonchev–Trinajstić information content (AvgIpc) is 2.76. The molecule has 2 aromatic rings. The molecule has 156 valence electrons. The predicted octanol–water partition coefficient (Wildman–Crippen LogP) is 3.39. The van der Waals surface area contributed by atoms with E-state index in [2.05, 4.69) is 9.80 Å². The molecule has 1 aliphatic rings. The van der Waals surface area contributed by atoms with E-state index in [9.17, 15) is 4.79 Å². The van der Waals surface area contributed by atoms with Gasteiger partial charge in [-0.1, -0.05) is 29.8 Å².